The van der Waals surface area contributed by atoms with Crippen molar-refractivity contribution in [3.8, 4) is 5.75 Å². The molecule has 1 fully saturated rings. The number of phenols is 1. The van der Waals surface area contributed by atoms with E-state index in [0.717, 1.165) is 19.1 Å². The molecule has 14 heteroatoms. The molecule has 0 saturated carbocycles. The van der Waals surface area contributed by atoms with Gasteiger partial charge in [0.25, 0.3) is 5.91 Å². The van der Waals surface area contributed by atoms with E-state index in [9.17, 15) is 33.0 Å². The van der Waals surface area contributed by atoms with Crippen LogP contribution in [0.25, 0.3) is 0 Å². The third kappa shape index (κ3) is 7.51. The smallest absolute Gasteiger partial charge is 0.328 e. The van der Waals surface area contributed by atoms with E-state index in [1.165, 1.54) is 35.6 Å². The first-order valence-corrected chi connectivity index (χ1v) is 17.7. The van der Waals surface area contributed by atoms with Crippen LogP contribution >= 0.6 is 11.3 Å². The predicted molar refractivity (Wildman–Crippen MR) is 178 cm³/mol. The van der Waals surface area contributed by atoms with Gasteiger partial charge in [-0.3, -0.25) is 19.4 Å². The zero-order chi connectivity index (χ0) is 34.7. The minimum atomic E-state index is -4.18. The third-order valence-electron chi connectivity index (χ3n) is 8.53. The zero-order valence-electron chi connectivity index (χ0n) is 27.2. The van der Waals surface area contributed by atoms with Gasteiger partial charge in [-0.25, -0.2) is 18.2 Å². The quantitative estimate of drug-likeness (QED) is 0.204. The molecular weight excluding hydrogens is 643 g/mol. The lowest BCUT2D eigenvalue weighted by Crippen LogP contribution is -2.69. The molecule has 12 nitrogen and oxygen atoms in total. The van der Waals surface area contributed by atoms with Gasteiger partial charge in [0.15, 0.2) is 0 Å². The number of aliphatic hydroxyl groups excluding tert-OH is 1. The number of primary amides is 1. The second kappa shape index (κ2) is 14.5. The van der Waals surface area contributed by atoms with Crippen LogP contribution in [0.4, 0.5) is 4.79 Å². The molecule has 254 valence electrons. The van der Waals surface area contributed by atoms with Crippen molar-refractivity contribution in [2.75, 3.05) is 19.6 Å². The van der Waals surface area contributed by atoms with Crippen LogP contribution in [0.15, 0.2) is 64.9 Å². The number of aromatic hydroxyl groups is 1. The van der Waals surface area contributed by atoms with Crippen molar-refractivity contribution in [2.45, 2.75) is 64.1 Å². The summed E-state index contributed by atoms with van der Waals surface area (Å²) in [6.07, 6.45) is -1.48. The molecule has 1 unspecified atom stereocenters. The fourth-order valence-electron chi connectivity index (χ4n) is 6.40. The number of aromatic nitrogens is 1. The number of nitrogens with two attached hydrogens (primary N) is 1. The van der Waals surface area contributed by atoms with Crippen LogP contribution in [0, 0.1) is 24.7 Å². The monoisotopic (exact) mass is 685 g/mol. The molecule has 4 rings (SSSR count). The summed E-state index contributed by atoms with van der Waals surface area (Å²) in [6.45, 7) is 7.92. The first-order valence-electron chi connectivity index (χ1n) is 15.4. The average molecular weight is 686 g/mol. The number of sulfonamides is 1. The van der Waals surface area contributed by atoms with E-state index in [4.69, 9.17) is 5.73 Å². The number of benzene rings is 2. The number of hydrogen-bond acceptors (Lipinski definition) is 9. The molecule has 4 N–H and O–H groups in total. The third-order valence-corrected chi connectivity index (χ3v) is 11.2. The highest BCUT2D eigenvalue weighted by atomic mass is 32.2. The van der Waals surface area contributed by atoms with Crippen molar-refractivity contribution in [1.82, 2.24) is 19.1 Å². The van der Waals surface area contributed by atoms with E-state index in [2.05, 4.69) is 4.98 Å². The number of carbonyl (C=O) groups is 3. The summed E-state index contributed by atoms with van der Waals surface area (Å²) in [4.78, 5) is 47.8. The minimum absolute atomic E-state index is 0.0333. The van der Waals surface area contributed by atoms with E-state index >= 15 is 0 Å². The number of urea groups is 1. The average Bonchev–Trinajstić information content (AvgIpc) is 3.54. The molecule has 0 aliphatic carbocycles. The van der Waals surface area contributed by atoms with Crippen molar-refractivity contribution < 1.29 is 33.0 Å². The van der Waals surface area contributed by atoms with Gasteiger partial charge in [-0.05, 0) is 55.0 Å². The summed E-state index contributed by atoms with van der Waals surface area (Å²) in [5, 5.41) is 24.4. The van der Waals surface area contributed by atoms with Crippen LogP contribution < -0.4 is 5.73 Å². The van der Waals surface area contributed by atoms with Crippen molar-refractivity contribution >= 4 is 39.2 Å². The Morgan fingerprint density at radius 1 is 1.06 bits per heavy atom. The summed E-state index contributed by atoms with van der Waals surface area (Å²) in [5.41, 5.74) is 5.55. The molecule has 0 spiro atoms. The Bertz CT molecular complexity index is 1680. The molecule has 1 aliphatic rings. The lowest BCUT2D eigenvalue weighted by atomic mass is 9.68. The van der Waals surface area contributed by atoms with Gasteiger partial charge in [0.2, 0.25) is 15.9 Å². The van der Waals surface area contributed by atoms with E-state index in [0.29, 0.717) is 11.3 Å². The number of amides is 4. The number of aryl methyl sites for hydroxylation is 1. The van der Waals surface area contributed by atoms with Gasteiger partial charge in [0.1, 0.15) is 17.8 Å². The summed E-state index contributed by atoms with van der Waals surface area (Å²) in [6, 6.07) is 13.4. The Labute approximate surface area is 279 Å². The lowest BCUT2D eigenvalue weighted by Gasteiger charge is -2.49. The SMILES string of the molecule is Cc1nc(CN2C(=O)CN(C(C(N)=O)(C(C)C)[C@H](Cc3ccccc3)[C@@H](O)CN(CC(C)C)S(=O)(=O)c3ccc(O)cc3)C2=O)cs1. The van der Waals surface area contributed by atoms with Crippen molar-refractivity contribution in [3.05, 3.63) is 76.2 Å². The Hall–Kier alpha value is -3.85. The molecule has 1 aromatic heterocycles. The van der Waals surface area contributed by atoms with Crippen LogP contribution in [-0.4, -0.2) is 86.8 Å². The van der Waals surface area contributed by atoms with Gasteiger partial charge in [-0.1, -0.05) is 58.0 Å². The standard InChI is InChI=1S/C33H43N5O7S2/c1-21(2)16-36(47(44,45)27-13-11-26(39)12-14-27)18-29(40)28(15-24-9-7-6-8-10-24)33(22(3)4,31(34)42)38-19-30(41)37(32(38)43)17-25-20-46-23(5)35-25/h6-14,20-22,28-29,39-40H,15-19H2,1-5H3,(H2,34,42)/t28-,29+,33?/m1/s1. The normalized spacial score (nSPS) is 16.7. The first-order chi connectivity index (χ1) is 22.1. The highest BCUT2D eigenvalue weighted by molar-refractivity contribution is 7.89. The van der Waals surface area contributed by atoms with Crippen LogP contribution in [0.1, 0.15) is 44.0 Å². The highest BCUT2D eigenvalue weighted by Crippen LogP contribution is 2.41. The summed E-state index contributed by atoms with van der Waals surface area (Å²) < 4.78 is 29.0. The summed E-state index contributed by atoms with van der Waals surface area (Å²) in [7, 11) is -4.18. The molecule has 47 heavy (non-hydrogen) atoms. The maximum absolute atomic E-state index is 14.1. The Balaban J connectivity index is 1.81. The molecule has 2 aromatic carbocycles. The molecule has 0 radical (unpaired) electrons. The fourth-order valence-corrected chi connectivity index (χ4v) is 8.63. The molecule has 0 bridgehead atoms. The Morgan fingerprint density at radius 2 is 1.70 bits per heavy atom. The second-order valence-electron chi connectivity index (χ2n) is 12.6. The van der Waals surface area contributed by atoms with Gasteiger partial charge in [-0.15, -0.1) is 11.3 Å². The van der Waals surface area contributed by atoms with Crippen molar-refractivity contribution in [3.63, 3.8) is 0 Å². The van der Waals surface area contributed by atoms with E-state index < -0.39 is 64.4 Å². The minimum Gasteiger partial charge on any atom is -0.508 e. The second-order valence-corrected chi connectivity index (χ2v) is 15.6. The number of imide groups is 1. The van der Waals surface area contributed by atoms with Crippen molar-refractivity contribution in [1.29, 1.82) is 0 Å². The number of thiazole rings is 1. The van der Waals surface area contributed by atoms with Crippen molar-refractivity contribution in [2.24, 2.45) is 23.5 Å². The fraction of sp³-hybridized carbons (Fsp3) is 0.455. The van der Waals surface area contributed by atoms with Gasteiger partial charge < -0.3 is 15.9 Å². The first kappa shape index (κ1) is 36.0. The lowest BCUT2D eigenvalue weighted by molar-refractivity contribution is -0.140. The predicted octanol–water partition coefficient (Wildman–Crippen LogP) is 3.37. The van der Waals surface area contributed by atoms with Crippen LogP contribution in [0.3, 0.4) is 0 Å². The van der Waals surface area contributed by atoms with Crippen LogP contribution in [0.2, 0.25) is 0 Å². The number of phenolic OH excluding ortho intramolecular Hbond substituents is 1. The largest absolute Gasteiger partial charge is 0.508 e. The Morgan fingerprint density at radius 3 is 2.23 bits per heavy atom. The van der Waals surface area contributed by atoms with Gasteiger partial charge in [0.05, 0.1) is 28.2 Å². The number of rotatable bonds is 15. The zero-order valence-corrected chi connectivity index (χ0v) is 28.9. The van der Waals surface area contributed by atoms with Gasteiger partial charge in [0, 0.05) is 24.4 Å². The number of aliphatic hydroxyl groups is 1. The molecule has 2 heterocycles. The van der Waals surface area contributed by atoms with Gasteiger partial charge >= 0.3 is 6.03 Å². The molecule has 3 aromatic rings. The highest BCUT2D eigenvalue weighted by Gasteiger charge is 2.59. The van der Waals surface area contributed by atoms with E-state index in [1.54, 1.807) is 43.5 Å². The van der Waals surface area contributed by atoms with Crippen LogP contribution in [0.5, 0.6) is 5.75 Å². The van der Waals surface area contributed by atoms with Crippen LogP contribution in [-0.2, 0) is 32.6 Å². The summed E-state index contributed by atoms with van der Waals surface area (Å²) in [5.74, 6) is -3.55. The number of hydrogen-bond donors (Lipinski definition) is 3. The maximum atomic E-state index is 14.1. The number of nitrogens with zero attached hydrogens (tertiary/aromatic N) is 4. The van der Waals surface area contributed by atoms with E-state index in [1.807, 2.05) is 26.8 Å². The molecule has 1 aliphatic heterocycles. The maximum Gasteiger partial charge on any atom is 0.328 e. The van der Waals surface area contributed by atoms with E-state index in [-0.39, 0.29) is 36.1 Å². The molecule has 4 amide bonds. The van der Waals surface area contributed by atoms with Gasteiger partial charge in [-0.2, -0.15) is 4.31 Å². The summed E-state index contributed by atoms with van der Waals surface area (Å²) >= 11 is 1.38. The molecular formula is C33H43N5O7S2. The number of carbonyl (C=O) groups excluding carboxylic acids is 3. The topological polar surface area (TPSA) is 174 Å². The molecule has 1 saturated heterocycles. The molecule has 3 atom stereocenters. The Kier molecular flexibility index (Phi) is 11.1.